The summed E-state index contributed by atoms with van der Waals surface area (Å²) < 4.78 is 5.42. The molecule has 13 heavy (non-hydrogen) atoms. The van der Waals surface area contributed by atoms with E-state index in [4.69, 9.17) is 4.74 Å². The standard InChI is InChI=1S/C10H12BrNO/c1-3-6-13-10-5-4-8(2)12-9(10)7-11/h3-5H,1,6-7H2,2H3. The Bertz CT molecular complexity index is 299. The van der Waals surface area contributed by atoms with Crippen LogP contribution in [0.1, 0.15) is 11.4 Å². The van der Waals surface area contributed by atoms with Gasteiger partial charge in [0.25, 0.3) is 0 Å². The van der Waals surface area contributed by atoms with Crippen molar-refractivity contribution in [1.82, 2.24) is 4.98 Å². The van der Waals surface area contributed by atoms with Crippen molar-refractivity contribution in [2.24, 2.45) is 0 Å². The van der Waals surface area contributed by atoms with Crippen LogP contribution in [-0.4, -0.2) is 11.6 Å². The molecule has 2 nitrogen and oxygen atoms in total. The molecule has 0 saturated carbocycles. The largest absolute Gasteiger partial charge is 0.488 e. The molecule has 0 amide bonds. The predicted octanol–water partition coefficient (Wildman–Crippen LogP) is 2.85. The van der Waals surface area contributed by atoms with Crippen LogP contribution in [0.2, 0.25) is 0 Å². The molecule has 0 radical (unpaired) electrons. The maximum absolute atomic E-state index is 5.42. The van der Waals surface area contributed by atoms with E-state index in [0.29, 0.717) is 11.9 Å². The lowest BCUT2D eigenvalue weighted by Gasteiger charge is -2.07. The van der Waals surface area contributed by atoms with Gasteiger partial charge in [-0.05, 0) is 19.1 Å². The van der Waals surface area contributed by atoms with Crippen molar-refractivity contribution in [2.75, 3.05) is 6.61 Å². The van der Waals surface area contributed by atoms with Gasteiger partial charge in [-0.25, -0.2) is 0 Å². The third kappa shape index (κ3) is 2.84. The van der Waals surface area contributed by atoms with Gasteiger partial charge in [-0.2, -0.15) is 0 Å². The van der Waals surface area contributed by atoms with E-state index < -0.39 is 0 Å². The molecular formula is C10H12BrNO. The first-order valence-electron chi connectivity index (χ1n) is 4.04. The van der Waals surface area contributed by atoms with Crippen molar-refractivity contribution in [2.45, 2.75) is 12.3 Å². The summed E-state index contributed by atoms with van der Waals surface area (Å²) in [5.41, 5.74) is 1.93. The van der Waals surface area contributed by atoms with E-state index in [0.717, 1.165) is 17.1 Å². The summed E-state index contributed by atoms with van der Waals surface area (Å²) in [6.45, 7) is 6.07. The summed E-state index contributed by atoms with van der Waals surface area (Å²) in [5, 5.41) is 0.709. The normalized spacial score (nSPS) is 9.69. The highest BCUT2D eigenvalue weighted by molar-refractivity contribution is 9.08. The topological polar surface area (TPSA) is 22.1 Å². The van der Waals surface area contributed by atoms with E-state index in [1.54, 1.807) is 6.08 Å². The minimum atomic E-state index is 0.519. The van der Waals surface area contributed by atoms with Crippen LogP contribution in [0.5, 0.6) is 5.75 Å². The lowest BCUT2D eigenvalue weighted by atomic mass is 10.3. The third-order valence-corrected chi connectivity index (χ3v) is 2.09. The van der Waals surface area contributed by atoms with E-state index in [1.165, 1.54) is 0 Å². The van der Waals surface area contributed by atoms with Gasteiger partial charge in [0.05, 0.1) is 5.69 Å². The zero-order chi connectivity index (χ0) is 9.68. The van der Waals surface area contributed by atoms with Gasteiger partial charge in [0, 0.05) is 11.0 Å². The molecule has 1 heterocycles. The number of rotatable bonds is 4. The number of hydrogen-bond acceptors (Lipinski definition) is 2. The fourth-order valence-electron chi connectivity index (χ4n) is 0.974. The zero-order valence-electron chi connectivity index (χ0n) is 7.59. The predicted molar refractivity (Wildman–Crippen MR) is 57.3 cm³/mol. The maximum atomic E-state index is 5.42. The van der Waals surface area contributed by atoms with Crippen molar-refractivity contribution in [3.05, 3.63) is 36.2 Å². The summed E-state index contributed by atoms with van der Waals surface area (Å²) >= 11 is 3.37. The smallest absolute Gasteiger partial charge is 0.142 e. The molecule has 0 fully saturated rings. The van der Waals surface area contributed by atoms with E-state index in [2.05, 4.69) is 27.5 Å². The first-order chi connectivity index (χ1) is 6.27. The number of alkyl halides is 1. The van der Waals surface area contributed by atoms with Crippen molar-refractivity contribution >= 4 is 15.9 Å². The van der Waals surface area contributed by atoms with Crippen LogP contribution < -0.4 is 4.74 Å². The van der Waals surface area contributed by atoms with Crippen LogP contribution in [0.4, 0.5) is 0 Å². The third-order valence-electron chi connectivity index (χ3n) is 1.55. The monoisotopic (exact) mass is 241 g/mol. The molecule has 1 aromatic rings. The van der Waals surface area contributed by atoms with Crippen LogP contribution in [0.3, 0.4) is 0 Å². The molecule has 0 aromatic carbocycles. The van der Waals surface area contributed by atoms with Gasteiger partial charge >= 0.3 is 0 Å². The average molecular weight is 242 g/mol. The lowest BCUT2D eigenvalue weighted by molar-refractivity contribution is 0.358. The van der Waals surface area contributed by atoms with Gasteiger partial charge in [0.15, 0.2) is 0 Å². The SMILES string of the molecule is C=CCOc1ccc(C)nc1CBr. The zero-order valence-corrected chi connectivity index (χ0v) is 9.17. The molecule has 0 aliphatic carbocycles. The molecule has 0 aliphatic rings. The molecule has 0 N–H and O–H groups in total. The van der Waals surface area contributed by atoms with E-state index >= 15 is 0 Å². The lowest BCUT2D eigenvalue weighted by Crippen LogP contribution is -1.99. The Labute approximate surface area is 86.8 Å². The van der Waals surface area contributed by atoms with Gasteiger partial charge in [-0.1, -0.05) is 28.6 Å². The Kier molecular flexibility index (Phi) is 3.96. The highest BCUT2D eigenvalue weighted by Gasteiger charge is 2.02. The van der Waals surface area contributed by atoms with E-state index in [9.17, 15) is 0 Å². The molecule has 0 spiro atoms. The first kappa shape index (κ1) is 10.3. The number of hydrogen-bond donors (Lipinski definition) is 0. The Morgan fingerprint density at radius 2 is 2.38 bits per heavy atom. The van der Waals surface area contributed by atoms with Gasteiger partial charge in [0.2, 0.25) is 0 Å². The summed E-state index contributed by atoms with van der Waals surface area (Å²) in [6.07, 6.45) is 1.72. The minimum Gasteiger partial charge on any atom is -0.488 e. The van der Waals surface area contributed by atoms with Crippen LogP contribution in [-0.2, 0) is 5.33 Å². The maximum Gasteiger partial charge on any atom is 0.142 e. The van der Waals surface area contributed by atoms with Gasteiger partial charge in [-0.3, -0.25) is 4.98 Å². The summed E-state index contributed by atoms with van der Waals surface area (Å²) in [4.78, 5) is 4.34. The molecule has 70 valence electrons. The number of ether oxygens (including phenoxy) is 1. The van der Waals surface area contributed by atoms with Gasteiger partial charge in [-0.15, -0.1) is 0 Å². The van der Waals surface area contributed by atoms with Crippen molar-refractivity contribution < 1.29 is 4.74 Å². The highest BCUT2D eigenvalue weighted by atomic mass is 79.9. The quantitative estimate of drug-likeness (QED) is 0.598. The minimum absolute atomic E-state index is 0.519. The van der Waals surface area contributed by atoms with Crippen LogP contribution in [0.25, 0.3) is 0 Å². The number of aromatic nitrogens is 1. The Morgan fingerprint density at radius 1 is 1.62 bits per heavy atom. The molecule has 0 saturated heterocycles. The molecule has 1 rings (SSSR count). The van der Waals surface area contributed by atoms with Crippen molar-refractivity contribution in [1.29, 1.82) is 0 Å². The van der Waals surface area contributed by atoms with Gasteiger partial charge < -0.3 is 4.74 Å². The van der Waals surface area contributed by atoms with Crippen molar-refractivity contribution in [3.63, 3.8) is 0 Å². The van der Waals surface area contributed by atoms with Crippen molar-refractivity contribution in [3.8, 4) is 5.75 Å². The number of aryl methyl sites for hydroxylation is 1. The molecule has 0 bridgehead atoms. The Morgan fingerprint density at radius 3 is 3.00 bits per heavy atom. The summed E-state index contributed by atoms with van der Waals surface area (Å²) in [5.74, 6) is 0.822. The first-order valence-corrected chi connectivity index (χ1v) is 5.16. The van der Waals surface area contributed by atoms with E-state index in [-0.39, 0.29) is 0 Å². The molecule has 1 aromatic heterocycles. The Hall–Kier alpha value is -0.830. The summed E-state index contributed by atoms with van der Waals surface area (Å²) in [6, 6.07) is 3.87. The van der Waals surface area contributed by atoms with Crippen LogP contribution >= 0.6 is 15.9 Å². The second-order valence-corrected chi connectivity index (χ2v) is 3.19. The van der Waals surface area contributed by atoms with E-state index in [1.807, 2.05) is 19.1 Å². The second kappa shape index (κ2) is 5.02. The molecule has 0 atom stereocenters. The molecule has 3 heteroatoms. The number of halogens is 1. The van der Waals surface area contributed by atoms with Crippen LogP contribution in [0, 0.1) is 6.92 Å². The highest BCUT2D eigenvalue weighted by Crippen LogP contribution is 2.19. The van der Waals surface area contributed by atoms with Gasteiger partial charge in [0.1, 0.15) is 12.4 Å². The van der Waals surface area contributed by atoms with Crippen LogP contribution in [0.15, 0.2) is 24.8 Å². The second-order valence-electron chi connectivity index (χ2n) is 2.63. The average Bonchev–Trinajstić information content (AvgIpc) is 2.16. The number of nitrogens with zero attached hydrogens (tertiary/aromatic N) is 1. The summed E-state index contributed by atoms with van der Waals surface area (Å²) in [7, 11) is 0. The molecule has 0 aliphatic heterocycles. The molecular weight excluding hydrogens is 230 g/mol. The fourth-order valence-corrected chi connectivity index (χ4v) is 1.38. The fraction of sp³-hybridized carbons (Fsp3) is 0.300. The molecule has 0 unspecified atom stereocenters. The number of pyridine rings is 1. The Balaban J connectivity index is 2.85.